The van der Waals surface area contributed by atoms with Gasteiger partial charge in [0.05, 0.1) is 29.6 Å². The minimum absolute atomic E-state index is 0.0441. The third-order valence-electron chi connectivity index (χ3n) is 2.19. The van der Waals surface area contributed by atoms with Gasteiger partial charge in [0.2, 0.25) is 5.91 Å². The Kier molecular flexibility index (Phi) is 5.31. The molecule has 0 aliphatic rings. The number of carbonyl (C=O) groups excluding carboxylic acids is 1. The highest BCUT2D eigenvalue weighted by atomic mass is 35.5. The van der Waals surface area contributed by atoms with Crippen molar-refractivity contribution in [1.29, 1.82) is 0 Å². The molecule has 1 aromatic rings. The van der Waals surface area contributed by atoms with E-state index in [1.165, 1.54) is 6.07 Å². The van der Waals surface area contributed by atoms with Gasteiger partial charge in [0.25, 0.3) is 5.92 Å². The Morgan fingerprint density at radius 3 is 2.56 bits per heavy atom. The van der Waals surface area contributed by atoms with E-state index < -0.39 is 24.9 Å². The fourth-order valence-corrected chi connectivity index (χ4v) is 1.52. The molecule has 0 unspecified atom stereocenters. The van der Waals surface area contributed by atoms with E-state index in [4.69, 9.17) is 28.9 Å². The smallest absolute Gasteiger partial charge is 0.277 e. The second-order valence-corrected chi connectivity index (χ2v) is 4.58. The lowest BCUT2D eigenvalue weighted by Gasteiger charge is -2.14. The largest absolute Gasteiger partial charge is 0.350 e. The normalized spacial score (nSPS) is 11.4. The lowest BCUT2D eigenvalue weighted by atomic mass is 10.1. The van der Waals surface area contributed by atoms with Crippen LogP contribution in [0.1, 0.15) is 5.56 Å². The van der Waals surface area contributed by atoms with Crippen molar-refractivity contribution in [2.24, 2.45) is 5.73 Å². The van der Waals surface area contributed by atoms with E-state index in [9.17, 15) is 13.6 Å². The molecule has 100 valence electrons. The summed E-state index contributed by atoms with van der Waals surface area (Å²) in [5.74, 6) is -3.62. The van der Waals surface area contributed by atoms with Crippen molar-refractivity contribution in [3.8, 4) is 0 Å². The standard InChI is InChI=1S/C11H12Cl2F2N2O/c12-8-2-1-7(3-9(8)13)4-10(18)17-6-11(14,15)5-16/h1-3H,4-6,16H2,(H,17,18). The van der Waals surface area contributed by atoms with Crippen molar-refractivity contribution >= 4 is 29.1 Å². The van der Waals surface area contributed by atoms with Crippen molar-refractivity contribution in [1.82, 2.24) is 5.32 Å². The van der Waals surface area contributed by atoms with E-state index in [2.05, 4.69) is 5.32 Å². The van der Waals surface area contributed by atoms with Gasteiger partial charge in [-0.1, -0.05) is 29.3 Å². The summed E-state index contributed by atoms with van der Waals surface area (Å²) in [6, 6.07) is 4.67. The van der Waals surface area contributed by atoms with Gasteiger partial charge in [-0.15, -0.1) is 0 Å². The van der Waals surface area contributed by atoms with E-state index in [0.717, 1.165) is 0 Å². The molecule has 0 atom stereocenters. The van der Waals surface area contributed by atoms with E-state index >= 15 is 0 Å². The Morgan fingerprint density at radius 2 is 2.00 bits per heavy atom. The number of nitrogens with one attached hydrogen (secondary N) is 1. The first kappa shape index (κ1) is 15.1. The number of rotatable bonds is 5. The molecule has 0 saturated heterocycles. The number of halogens is 4. The Morgan fingerprint density at radius 1 is 1.33 bits per heavy atom. The number of alkyl halides is 2. The van der Waals surface area contributed by atoms with Gasteiger partial charge >= 0.3 is 0 Å². The Hall–Kier alpha value is -0.910. The Balaban J connectivity index is 2.52. The molecule has 0 radical (unpaired) electrons. The summed E-state index contributed by atoms with van der Waals surface area (Å²) in [7, 11) is 0. The fraction of sp³-hybridized carbons (Fsp3) is 0.364. The summed E-state index contributed by atoms with van der Waals surface area (Å²) in [6.45, 7) is -1.58. The van der Waals surface area contributed by atoms with Crippen LogP contribution >= 0.6 is 23.2 Å². The first-order valence-electron chi connectivity index (χ1n) is 5.12. The van der Waals surface area contributed by atoms with Gasteiger partial charge in [0, 0.05) is 0 Å². The van der Waals surface area contributed by atoms with E-state index in [0.29, 0.717) is 15.6 Å². The first-order valence-corrected chi connectivity index (χ1v) is 5.88. The molecule has 3 N–H and O–H groups in total. The summed E-state index contributed by atoms with van der Waals surface area (Å²) in [5, 5.41) is 2.80. The summed E-state index contributed by atoms with van der Waals surface area (Å²) in [4.78, 5) is 11.4. The van der Waals surface area contributed by atoms with Crippen molar-refractivity contribution in [3.63, 3.8) is 0 Å². The van der Waals surface area contributed by atoms with Gasteiger partial charge in [-0.25, -0.2) is 8.78 Å². The third-order valence-corrected chi connectivity index (χ3v) is 2.93. The quantitative estimate of drug-likeness (QED) is 0.876. The van der Waals surface area contributed by atoms with Gasteiger partial charge in [0.1, 0.15) is 0 Å². The van der Waals surface area contributed by atoms with Gasteiger partial charge in [-0.2, -0.15) is 0 Å². The fourth-order valence-electron chi connectivity index (χ4n) is 1.20. The monoisotopic (exact) mass is 296 g/mol. The minimum atomic E-state index is -3.09. The van der Waals surface area contributed by atoms with Gasteiger partial charge in [0.15, 0.2) is 0 Å². The number of nitrogens with two attached hydrogens (primary N) is 1. The summed E-state index contributed by atoms with van der Waals surface area (Å²) >= 11 is 11.5. The molecule has 3 nitrogen and oxygen atoms in total. The van der Waals surface area contributed by atoms with Crippen LogP contribution in [0.2, 0.25) is 10.0 Å². The zero-order valence-corrected chi connectivity index (χ0v) is 10.9. The lowest BCUT2D eigenvalue weighted by molar-refractivity contribution is -0.122. The van der Waals surface area contributed by atoms with Crippen LogP contribution in [0.15, 0.2) is 18.2 Å². The van der Waals surface area contributed by atoms with Crippen LogP contribution in [-0.2, 0) is 11.2 Å². The SMILES string of the molecule is NCC(F)(F)CNC(=O)Cc1ccc(Cl)c(Cl)c1. The minimum Gasteiger partial charge on any atom is -0.350 e. The predicted molar refractivity (Wildman–Crippen MR) is 67.2 cm³/mol. The molecular weight excluding hydrogens is 285 g/mol. The second kappa shape index (κ2) is 6.31. The molecule has 0 heterocycles. The molecule has 0 aliphatic heterocycles. The number of benzene rings is 1. The zero-order chi connectivity index (χ0) is 13.8. The molecule has 1 aromatic carbocycles. The predicted octanol–water partition coefficient (Wildman–Crippen LogP) is 2.25. The maximum atomic E-state index is 12.8. The Labute approximate surface area is 113 Å². The van der Waals surface area contributed by atoms with Crippen LogP contribution in [0.25, 0.3) is 0 Å². The zero-order valence-electron chi connectivity index (χ0n) is 9.35. The summed E-state index contributed by atoms with van der Waals surface area (Å²) in [5.41, 5.74) is 5.44. The molecule has 0 spiro atoms. The van der Waals surface area contributed by atoms with Crippen LogP contribution in [0.5, 0.6) is 0 Å². The number of amides is 1. The molecule has 1 amide bonds. The summed E-state index contributed by atoms with van der Waals surface area (Å²) < 4.78 is 25.6. The van der Waals surface area contributed by atoms with Crippen molar-refractivity contribution in [3.05, 3.63) is 33.8 Å². The van der Waals surface area contributed by atoms with Gasteiger partial charge < -0.3 is 11.1 Å². The topological polar surface area (TPSA) is 55.1 Å². The Bertz CT molecular complexity index is 441. The number of hydrogen-bond acceptors (Lipinski definition) is 2. The van der Waals surface area contributed by atoms with Crippen LogP contribution in [-0.4, -0.2) is 24.9 Å². The average Bonchev–Trinajstić information content (AvgIpc) is 2.32. The first-order chi connectivity index (χ1) is 8.34. The van der Waals surface area contributed by atoms with Crippen molar-refractivity contribution in [2.75, 3.05) is 13.1 Å². The highest BCUT2D eigenvalue weighted by Crippen LogP contribution is 2.22. The van der Waals surface area contributed by atoms with Crippen LogP contribution < -0.4 is 11.1 Å². The highest BCUT2D eigenvalue weighted by molar-refractivity contribution is 6.42. The van der Waals surface area contributed by atoms with E-state index in [-0.39, 0.29) is 6.42 Å². The van der Waals surface area contributed by atoms with Crippen LogP contribution in [0, 0.1) is 0 Å². The molecule has 18 heavy (non-hydrogen) atoms. The molecular formula is C11H12Cl2F2N2O. The number of carbonyl (C=O) groups is 1. The number of hydrogen-bond donors (Lipinski definition) is 2. The summed E-state index contributed by atoms with van der Waals surface area (Å²) in [6.07, 6.45) is -0.0441. The van der Waals surface area contributed by atoms with Crippen molar-refractivity contribution < 1.29 is 13.6 Å². The highest BCUT2D eigenvalue weighted by Gasteiger charge is 2.27. The molecule has 0 aromatic heterocycles. The molecule has 0 fully saturated rings. The van der Waals surface area contributed by atoms with E-state index in [1.807, 2.05) is 0 Å². The van der Waals surface area contributed by atoms with Crippen LogP contribution in [0.3, 0.4) is 0 Å². The molecule has 0 aliphatic carbocycles. The van der Waals surface area contributed by atoms with Crippen molar-refractivity contribution in [2.45, 2.75) is 12.3 Å². The van der Waals surface area contributed by atoms with E-state index in [1.54, 1.807) is 12.1 Å². The average molecular weight is 297 g/mol. The van der Waals surface area contributed by atoms with Gasteiger partial charge in [-0.05, 0) is 17.7 Å². The molecule has 7 heteroatoms. The molecule has 0 saturated carbocycles. The third kappa shape index (κ3) is 4.76. The maximum Gasteiger partial charge on any atom is 0.277 e. The maximum absolute atomic E-state index is 12.8. The molecule has 0 bridgehead atoms. The second-order valence-electron chi connectivity index (χ2n) is 3.76. The molecule has 1 rings (SSSR count). The lowest BCUT2D eigenvalue weighted by Crippen LogP contribution is -2.42. The van der Waals surface area contributed by atoms with Crippen LogP contribution in [0.4, 0.5) is 8.78 Å². The van der Waals surface area contributed by atoms with Gasteiger partial charge in [-0.3, -0.25) is 4.79 Å².